The molecule has 84 valence electrons. The number of carbonyl (C=O) groups excluding carboxylic acids is 1. The topological polar surface area (TPSA) is 74.2 Å². The van der Waals surface area contributed by atoms with E-state index < -0.39 is 6.04 Å². The molecule has 1 saturated heterocycles. The molecule has 5 nitrogen and oxygen atoms in total. The van der Waals surface area contributed by atoms with Gasteiger partial charge in [-0.3, -0.25) is 10.1 Å². The second-order valence-corrected chi connectivity index (χ2v) is 3.60. The molecule has 0 radical (unpaired) electrons. The zero-order valence-corrected chi connectivity index (χ0v) is 8.95. The van der Waals surface area contributed by atoms with Gasteiger partial charge in [-0.2, -0.15) is 5.26 Å². The van der Waals surface area contributed by atoms with E-state index in [9.17, 15) is 4.79 Å². The molecular weight excluding hydrogens is 194 g/mol. The van der Waals surface area contributed by atoms with Gasteiger partial charge in [-0.25, -0.2) is 0 Å². The van der Waals surface area contributed by atoms with Crippen LogP contribution in [0.1, 0.15) is 19.3 Å². The monoisotopic (exact) mass is 211 g/mol. The van der Waals surface area contributed by atoms with E-state index in [2.05, 4.69) is 16.7 Å². The number of hydrogen-bond donors (Lipinski definition) is 2. The summed E-state index contributed by atoms with van der Waals surface area (Å²) in [7, 11) is 1.57. The third kappa shape index (κ3) is 4.28. The van der Waals surface area contributed by atoms with Gasteiger partial charge in [-0.15, -0.1) is 0 Å². The minimum absolute atomic E-state index is 0.124. The number of rotatable bonds is 5. The molecule has 0 aromatic carbocycles. The summed E-state index contributed by atoms with van der Waals surface area (Å²) in [4.78, 5) is 11.0. The molecule has 1 rings (SSSR count). The Labute approximate surface area is 89.8 Å². The van der Waals surface area contributed by atoms with Crippen molar-refractivity contribution in [2.75, 3.05) is 20.2 Å². The predicted molar refractivity (Wildman–Crippen MR) is 55.1 cm³/mol. The normalized spacial score (nSPS) is 22.0. The largest absolute Gasteiger partial charge is 0.377 e. The van der Waals surface area contributed by atoms with E-state index in [1.54, 1.807) is 7.05 Å². The Bertz CT molecular complexity index is 244. The summed E-state index contributed by atoms with van der Waals surface area (Å²) in [6.45, 7) is 1.45. The van der Waals surface area contributed by atoms with Gasteiger partial charge in [0.05, 0.1) is 18.6 Å². The number of nitriles is 1. The van der Waals surface area contributed by atoms with Crippen LogP contribution in [0.15, 0.2) is 0 Å². The molecule has 0 spiro atoms. The van der Waals surface area contributed by atoms with E-state index in [1.807, 2.05) is 0 Å². The maximum atomic E-state index is 11.0. The summed E-state index contributed by atoms with van der Waals surface area (Å²) in [5, 5.41) is 14.3. The van der Waals surface area contributed by atoms with Crippen molar-refractivity contribution in [1.82, 2.24) is 10.6 Å². The van der Waals surface area contributed by atoms with Crippen LogP contribution in [0.25, 0.3) is 0 Å². The number of nitrogens with one attached hydrogen (secondary N) is 2. The Kier molecular flexibility index (Phi) is 5.08. The lowest BCUT2D eigenvalue weighted by Gasteiger charge is -2.14. The summed E-state index contributed by atoms with van der Waals surface area (Å²) in [5.41, 5.74) is 0. The fraction of sp³-hybridized carbons (Fsp3) is 0.800. The summed E-state index contributed by atoms with van der Waals surface area (Å²) in [6.07, 6.45) is 2.51. The van der Waals surface area contributed by atoms with Gasteiger partial charge < -0.3 is 10.1 Å². The molecule has 2 atom stereocenters. The van der Waals surface area contributed by atoms with Crippen LogP contribution in [0.5, 0.6) is 0 Å². The molecule has 1 amide bonds. The first-order valence-corrected chi connectivity index (χ1v) is 5.21. The van der Waals surface area contributed by atoms with Crippen molar-refractivity contribution in [1.29, 1.82) is 5.26 Å². The first kappa shape index (κ1) is 12.0. The average Bonchev–Trinajstić information content (AvgIpc) is 2.76. The van der Waals surface area contributed by atoms with Crippen molar-refractivity contribution in [2.45, 2.75) is 31.4 Å². The zero-order valence-electron chi connectivity index (χ0n) is 8.95. The minimum atomic E-state index is -0.422. The van der Waals surface area contributed by atoms with Gasteiger partial charge >= 0.3 is 0 Å². The minimum Gasteiger partial charge on any atom is -0.377 e. The molecule has 1 aliphatic rings. The van der Waals surface area contributed by atoms with Crippen LogP contribution in [0.4, 0.5) is 0 Å². The molecule has 0 bridgehead atoms. The smallest absolute Gasteiger partial charge is 0.222 e. The third-order valence-electron chi connectivity index (χ3n) is 2.44. The quantitative estimate of drug-likeness (QED) is 0.659. The van der Waals surface area contributed by atoms with Crippen LogP contribution in [0.3, 0.4) is 0 Å². The Morgan fingerprint density at radius 2 is 2.53 bits per heavy atom. The Morgan fingerprint density at radius 1 is 1.73 bits per heavy atom. The van der Waals surface area contributed by atoms with Crippen molar-refractivity contribution in [3.05, 3.63) is 0 Å². The summed E-state index contributed by atoms with van der Waals surface area (Å²) < 4.78 is 5.41. The van der Waals surface area contributed by atoms with Crippen LogP contribution in [-0.2, 0) is 9.53 Å². The summed E-state index contributed by atoms with van der Waals surface area (Å²) in [5.74, 6) is -0.124. The molecule has 1 fully saturated rings. The molecule has 15 heavy (non-hydrogen) atoms. The van der Waals surface area contributed by atoms with Gasteiger partial charge in [-0.05, 0) is 12.8 Å². The fourth-order valence-electron chi connectivity index (χ4n) is 1.53. The SMILES string of the molecule is CNC(=O)CC(C#N)NCC1CCCO1. The second kappa shape index (κ2) is 6.38. The third-order valence-corrected chi connectivity index (χ3v) is 2.44. The van der Waals surface area contributed by atoms with Crippen molar-refractivity contribution >= 4 is 5.91 Å². The van der Waals surface area contributed by atoms with Gasteiger partial charge in [0.15, 0.2) is 0 Å². The van der Waals surface area contributed by atoms with Crippen LogP contribution < -0.4 is 10.6 Å². The number of amides is 1. The molecule has 2 N–H and O–H groups in total. The fourth-order valence-corrected chi connectivity index (χ4v) is 1.53. The van der Waals surface area contributed by atoms with E-state index in [1.165, 1.54) is 0 Å². The molecule has 0 saturated carbocycles. The predicted octanol–water partition coefficient (Wildman–Crippen LogP) is -0.217. The van der Waals surface area contributed by atoms with Gasteiger partial charge in [-0.1, -0.05) is 0 Å². The van der Waals surface area contributed by atoms with Crippen molar-refractivity contribution in [2.24, 2.45) is 0 Å². The molecule has 2 unspecified atom stereocenters. The first-order valence-electron chi connectivity index (χ1n) is 5.21. The van der Waals surface area contributed by atoms with Crippen molar-refractivity contribution < 1.29 is 9.53 Å². The molecule has 1 heterocycles. The highest BCUT2D eigenvalue weighted by molar-refractivity contribution is 5.76. The molecule has 1 aliphatic heterocycles. The van der Waals surface area contributed by atoms with Crippen LogP contribution in [-0.4, -0.2) is 38.3 Å². The maximum Gasteiger partial charge on any atom is 0.222 e. The van der Waals surface area contributed by atoms with Crippen LogP contribution in [0.2, 0.25) is 0 Å². The number of carbonyl (C=O) groups is 1. The van der Waals surface area contributed by atoms with Gasteiger partial charge in [0, 0.05) is 20.2 Å². The highest BCUT2D eigenvalue weighted by Gasteiger charge is 2.18. The van der Waals surface area contributed by atoms with Gasteiger partial charge in [0.2, 0.25) is 5.91 Å². The first-order chi connectivity index (χ1) is 7.26. The zero-order chi connectivity index (χ0) is 11.1. The van der Waals surface area contributed by atoms with E-state index in [-0.39, 0.29) is 18.4 Å². The lowest BCUT2D eigenvalue weighted by molar-refractivity contribution is -0.120. The Morgan fingerprint density at radius 3 is 3.07 bits per heavy atom. The second-order valence-electron chi connectivity index (χ2n) is 3.60. The molecule has 0 aromatic heterocycles. The lowest BCUT2D eigenvalue weighted by Crippen LogP contribution is -2.37. The number of nitrogens with zero attached hydrogens (tertiary/aromatic N) is 1. The van der Waals surface area contributed by atoms with E-state index in [0.29, 0.717) is 6.54 Å². The van der Waals surface area contributed by atoms with E-state index in [0.717, 1.165) is 19.4 Å². The van der Waals surface area contributed by atoms with Gasteiger partial charge in [0.1, 0.15) is 6.04 Å². The molecule has 5 heteroatoms. The Balaban J connectivity index is 2.21. The number of ether oxygens (including phenoxy) is 1. The van der Waals surface area contributed by atoms with Crippen molar-refractivity contribution in [3.8, 4) is 6.07 Å². The summed E-state index contributed by atoms with van der Waals surface area (Å²) >= 11 is 0. The number of hydrogen-bond acceptors (Lipinski definition) is 4. The summed E-state index contributed by atoms with van der Waals surface area (Å²) in [6, 6.07) is 1.64. The molecular formula is C10H17N3O2. The molecule has 0 aromatic rings. The standard InChI is InChI=1S/C10H17N3O2/c1-12-10(14)5-8(6-11)13-7-9-3-2-4-15-9/h8-9,13H,2-5,7H2,1H3,(H,12,14). The van der Waals surface area contributed by atoms with E-state index in [4.69, 9.17) is 10.00 Å². The van der Waals surface area contributed by atoms with Crippen LogP contribution >= 0.6 is 0 Å². The average molecular weight is 211 g/mol. The van der Waals surface area contributed by atoms with E-state index >= 15 is 0 Å². The Hall–Kier alpha value is -1.12. The highest BCUT2D eigenvalue weighted by atomic mass is 16.5. The lowest BCUT2D eigenvalue weighted by atomic mass is 10.2. The molecule has 0 aliphatic carbocycles. The highest BCUT2D eigenvalue weighted by Crippen LogP contribution is 2.10. The van der Waals surface area contributed by atoms with Crippen LogP contribution in [0, 0.1) is 11.3 Å². The van der Waals surface area contributed by atoms with Gasteiger partial charge in [0.25, 0.3) is 0 Å². The maximum absolute atomic E-state index is 11.0. The van der Waals surface area contributed by atoms with Crippen molar-refractivity contribution in [3.63, 3.8) is 0 Å².